The van der Waals surface area contributed by atoms with Gasteiger partial charge in [-0.2, -0.15) is 0 Å². The summed E-state index contributed by atoms with van der Waals surface area (Å²) in [6.45, 7) is 10.9. The van der Waals surface area contributed by atoms with Crippen LogP contribution in [0.3, 0.4) is 0 Å². The molecule has 0 aromatic carbocycles. The van der Waals surface area contributed by atoms with Crippen molar-refractivity contribution in [1.29, 1.82) is 0 Å². The van der Waals surface area contributed by atoms with Crippen LogP contribution in [0.1, 0.15) is 65.3 Å². The third-order valence-corrected chi connectivity index (χ3v) is 12.1. The van der Waals surface area contributed by atoms with Crippen LogP contribution in [0.25, 0.3) is 0 Å². The first-order chi connectivity index (χ1) is 18.6. The molecule has 5 rings (SSSR count). The Morgan fingerprint density at radius 3 is 2.44 bits per heavy atom. The predicted molar refractivity (Wildman–Crippen MR) is 148 cm³/mol. The van der Waals surface area contributed by atoms with E-state index in [1.807, 2.05) is 45.2 Å². The number of aliphatic hydroxyl groups excluding tert-OH is 2. The quantitative estimate of drug-likeness (QED) is 0.224. The monoisotopic (exact) mass is 804 g/mol. The minimum absolute atomic E-state index is 0. The van der Waals surface area contributed by atoms with E-state index in [1.165, 1.54) is 11.3 Å². The van der Waals surface area contributed by atoms with Gasteiger partial charge in [0, 0.05) is 79.0 Å². The van der Waals surface area contributed by atoms with E-state index in [2.05, 4.69) is 5.32 Å². The van der Waals surface area contributed by atoms with Crippen LogP contribution in [-0.4, -0.2) is 81.5 Å². The van der Waals surface area contributed by atoms with Gasteiger partial charge in [0.05, 0.1) is 35.9 Å². The maximum atomic E-state index is 14.4. The van der Waals surface area contributed by atoms with Crippen molar-refractivity contribution in [2.75, 3.05) is 13.7 Å². The van der Waals surface area contributed by atoms with E-state index in [1.54, 1.807) is 20.9 Å². The van der Waals surface area contributed by atoms with Gasteiger partial charge in [-0.05, 0) is 49.4 Å². The molecule has 11 atom stereocenters. The summed E-state index contributed by atoms with van der Waals surface area (Å²) in [6.07, 6.45) is -3.90. The molecular formula is C30H43AcNO8S. The first-order valence-corrected chi connectivity index (χ1v) is 15.0. The molecular weight excluding hydrogens is 761 g/mol. The topological polar surface area (TPSA) is 146 Å². The van der Waals surface area contributed by atoms with E-state index in [0.29, 0.717) is 11.1 Å². The number of fused-ring (bicyclic) bond motifs is 5. The number of carbonyl (C=O) groups excluding carboxylic acids is 2. The summed E-state index contributed by atoms with van der Waals surface area (Å²) in [6, 6.07) is 3.00. The van der Waals surface area contributed by atoms with Crippen molar-refractivity contribution in [3.05, 3.63) is 33.5 Å². The van der Waals surface area contributed by atoms with E-state index in [4.69, 9.17) is 9.47 Å². The van der Waals surface area contributed by atoms with E-state index < -0.39 is 76.2 Å². The molecule has 41 heavy (non-hydrogen) atoms. The first-order valence-electron chi connectivity index (χ1n) is 14.2. The second-order valence-corrected chi connectivity index (χ2v) is 14.2. The molecule has 1 saturated heterocycles. The molecule has 1 aromatic rings. The summed E-state index contributed by atoms with van der Waals surface area (Å²) in [5.74, 6) is -3.23. The van der Waals surface area contributed by atoms with Crippen LogP contribution in [0.15, 0.2) is 28.7 Å². The van der Waals surface area contributed by atoms with Gasteiger partial charge in [0.15, 0.2) is 6.10 Å². The standard InChI is InChI=1S/C30H43NO8S.Ac/c1-14-17(39-26(35)23(33)22(31-7)18-9-8-10-40-18)12-30(37)16(3)24-28(6,19(32)11-20-29(24,36)13-38-20)25(34)15(2)21(14)27(30,4)5;/h8-10,15-17,19-20,22-24,31-33,36-37H,11-13H2,1-7H3;/t15-,16+,17?,19?,20?,22?,23?,24?,28-,29?,30?;/m1./s1. The summed E-state index contributed by atoms with van der Waals surface area (Å²) in [5, 5.41) is 51.7. The minimum atomic E-state index is -1.53. The SMILES string of the molecule is CNC(c1cccs1)C(O)C(=O)OC1CC2(O)[C@@H](C)C3C4(O)COC4CC(O)[C@@]3(C)C(=O)[C@H](C)C(=C1C)C2(C)C.[Ac]. The number of hydrogen-bond donors (Lipinski definition) is 5. The zero-order valence-corrected chi connectivity index (χ0v) is 30.4. The molecule has 8 unspecified atom stereocenters. The summed E-state index contributed by atoms with van der Waals surface area (Å²) in [5.41, 5.74) is -3.81. The van der Waals surface area contributed by atoms with Crippen molar-refractivity contribution in [2.24, 2.45) is 28.6 Å². The Hall–Kier alpha value is -0.218. The molecule has 0 amide bonds. The van der Waals surface area contributed by atoms with E-state index in [-0.39, 0.29) is 69.3 Å². The predicted octanol–water partition coefficient (Wildman–Crippen LogP) is 2.13. The normalized spacial score (nSPS) is 42.9. The average Bonchev–Trinajstić information content (AvgIpc) is 3.42. The van der Waals surface area contributed by atoms with Gasteiger partial charge in [-0.3, -0.25) is 4.79 Å². The fourth-order valence-electron chi connectivity index (χ4n) is 8.88. The Morgan fingerprint density at radius 2 is 1.90 bits per heavy atom. The number of nitrogens with one attached hydrogen (secondary N) is 1. The Balaban J connectivity index is 0.00000387. The molecule has 1 radical (unpaired) electrons. The molecule has 2 saturated carbocycles. The summed E-state index contributed by atoms with van der Waals surface area (Å²) in [7, 11) is 1.66. The van der Waals surface area contributed by atoms with Crippen molar-refractivity contribution in [3.63, 3.8) is 0 Å². The molecule has 11 heteroatoms. The molecule has 5 N–H and O–H groups in total. The number of Topliss-reactive ketones (excluding diaryl/α,β-unsaturated/α-hetero) is 1. The number of likely N-dealkylation sites (N-methyl/N-ethyl adjacent to an activating group) is 1. The summed E-state index contributed by atoms with van der Waals surface area (Å²) in [4.78, 5) is 28.5. The molecule has 2 heterocycles. The Morgan fingerprint density at radius 1 is 1.24 bits per heavy atom. The Kier molecular flexibility index (Phi) is 9.28. The van der Waals surface area contributed by atoms with Gasteiger partial charge in [0.1, 0.15) is 17.5 Å². The van der Waals surface area contributed by atoms with Crippen LogP contribution in [0, 0.1) is 72.6 Å². The molecule has 9 nitrogen and oxygen atoms in total. The number of rotatable bonds is 5. The molecule has 3 aliphatic carbocycles. The maximum Gasteiger partial charge on any atom is 0.337 e. The van der Waals surface area contributed by atoms with Crippen LogP contribution >= 0.6 is 11.3 Å². The van der Waals surface area contributed by atoms with Gasteiger partial charge in [0.25, 0.3) is 0 Å². The van der Waals surface area contributed by atoms with Crippen molar-refractivity contribution in [3.8, 4) is 0 Å². The second kappa shape index (κ2) is 11.3. The van der Waals surface area contributed by atoms with Crippen molar-refractivity contribution >= 4 is 23.1 Å². The fraction of sp³-hybridized carbons (Fsp3) is 0.733. The average molecular weight is 805 g/mol. The largest absolute Gasteiger partial charge is 0.456 e. The summed E-state index contributed by atoms with van der Waals surface area (Å²) >= 11 is 1.41. The van der Waals surface area contributed by atoms with Crippen molar-refractivity contribution < 1.29 is 83.6 Å². The number of carbonyl (C=O) groups is 2. The third kappa shape index (κ3) is 4.63. The number of ether oxygens (including phenoxy) is 2. The Labute approximate surface area is 281 Å². The van der Waals surface area contributed by atoms with Crippen LogP contribution in [0.5, 0.6) is 0 Å². The number of hydrogen-bond acceptors (Lipinski definition) is 10. The zero-order chi connectivity index (χ0) is 29.6. The number of esters is 1. The molecule has 1 aliphatic heterocycles. The van der Waals surface area contributed by atoms with Crippen LogP contribution in [-0.2, 0) is 19.1 Å². The van der Waals surface area contributed by atoms with E-state index >= 15 is 0 Å². The van der Waals surface area contributed by atoms with E-state index in [9.17, 15) is 30.0 Å². The molecule has 225 valence electrons. The van der Waals surface area contributed by atoms with E-state index in [0.717, 1.165) is 4.88 Å². The van der Waals surface area contributed by atoms with Crippen LogP contribution in [0.4, 0.5) is 0 Å². The molecule has 3 fully saturated rings. The van der Waals surface area contributed by atoms with Crippen LogP contribution < -0.4 is 5.32 Å². The van der Waals surface area contributed by atoms with Gasteiger partial charge in [0.2, 0.25) is 0 Å². The second-order valence-electron chi connectivity index (χ2n) is 13.2. The van der Waals surface area contributed by atoms with Gasteiger partial charge >= 0.3 is 5.97 Å². The van der Waals surface area contributed by atoms with Crippen molar-refractivity contribution in [2.45, 2.75) is 96.0 Å². The molecule has 2 bridgehead atoms. The van der Waals surface area contributed by atoms with Gasteiger partial charge < -0.3 is 35.2 Å². The number of ketones is 1. The number of thiophene rings is 1. The summed E-state index contributed by atoms with van der Waals surface area (Å²) < 4.78 is 11.6. The maximum absolute atomic E-state index is 14.4. The van der Waals surface area contributed by atoms with Crippen LogP contribution in [0.2, 0.25) is 0 Å². The Bertz CT molecular complexity index is 1220. The smallest absolute Gasteiger partial charge is 0.337 e. The van der Waals surface area contributed by atoms with Gasteiger partial charge in [-0.25, -0.2) is 4.79 Å². The van der Waals surface area contributed by atoms with Gasteiger partial charge in [-0.15, -0.1) is 11.3 Å². The number of aliphatic hydroxyl groups is 4. The molecule has 0 spiro atoms. The van der Waals surface area contributed by atoms with Crippen molar-refractivity contribution in [1.82, 2.24) is 5.32 Å². The zero-order valence-electron chi connectivity index (χ0n) is 24.9. The third-order valence-electron chi connectivity index (χ3n) is 11.1. The fourth-order valence-corrected chi connectivity index (χ4v) is 9.74. The molecule has 4 aliphatic rings. The van der Waals surface area contributed by atoms with Gasteiger partial charge in [-0.1, -0.05) is 33.8 Å². The molecule has 1 aromatic heterocycles. The minimum Gasteiger partial charge on any atom is -0.456 e. The first kappa shape index (κ1) is 33.7.